The highest BCUT2D eigenvalue weighted by Gasteiger charge is 2.37. The summed E-state index contributed by atoms with van der Waals surface area (Å²) in [4.78, 5) is 38.5. The minimum atomic E-state index is -5.09. The van der Waals surface area contributed by atoms with Gasteiger partial charge in [-0.1, -0.05) is 24.3 Å². The number of carbonyl (C=O) groups is 2. The fourth-order valence-electron chi connectivity index (χ4n) is 6.07. The summed E-state index contributed by atoms with van der Waals surface area (Å²) in [6, 6.07) is 12.2. The van der Waals surface area contributed by atoms with Gasteiger partial charge in [-0.05, 0) is 79.4 Å². The molecule has 6 rings (SSSR count). The number of nitrogens with two attached hydrogens (primary N) is 1. The molecule has 21 heteroatoms. The van der Waals surface area contributed by atoms with E-state index in [1.807, 2.05) is 0 Å². The summed E-state index contributed by atoms with van der Waals surface area (Å²) in [5.41, 5.74) is 4.61. The molecule has 0 saturated carbocycles. The van der Waals surface area contributed by atoms with Gasteiger partial charge in [-0.3, -0.25) is 18.7 Å². The fraction of sp³-hybridized carbons (Fsp3) is 0.0938. The number of ketones is 2. The summed E-state index contributed by atoms with van der Waals surface area (Å²) >= 11 is 6.18. The van der Waals surface area contributed by atoms with Crippen molar-refractivity contribution < 1.29 is 43.9 Å². The molecule has 1 aliphatic carbocycles. The number of nitrogen functional groups attached to an aromatic ring is 1. The van der Waals surface area contributed by atoms with E-state index < -0.39 is 63.5 Å². The van der Waals surface area contributed by atoms with E-state index in [4.69, 9.17) is 17.3 Å². The molecule has 0 fully saturated rings. The number of fused-ring (bicyclic) bond motifs is 2. The molecule has 0 bridgehead atoms. The van der Waals surface area contributed by atoms with Crippen LogP contribution in [0, 0.1) is 20.8 Å². The zero-order chi connectivity index (χ0) is 38.7. The Morgan fingerprint density at radius 1 is 0.717 bits per heavy atom. The molecule has 4 aromatic carbocycles. The van der Waals surface area contributed by atoms with Crippen LogP contribution >= 0.6 is 11.6 Å². The van der Waals surface area contributed by atoms with E-state index in [0.29, 0.717) is 5.69 Å². The number of hydrogen-bond donors (Lipinski definition) is 7. The summed E-state index contributed by atoms with van der Waals surface area (Å²) in [5.74, 6) is -1.84. The van der Waals surface area contributed by atoms with E-state index in [1.165, 1.54) is 69.3 Å². The third-order valence-corrected chi connectivity index (χ3v) is 11.3. The molecule has 1 heterocycles. The number of halogens is 1. The second kappa shape index (κ2) is 13.5. The van der Waals surface area contributed by atoms with Crippen LogP contribution in [0.2, 0.25) is 5.28 Å². The zero-order valence-corrected chi connectivity index (χ0v) is 30.7. The van der Waals surface area contributed by atoms with Gasteiger partial charge in [-0.15, -0.1) is 0 Å². The van der Waals surface area contributed by atoms with E-state index >= 15 is 0 Å². The molecular weight excluding hydrogens is 774 g/mol. The van der Waals surface area contributed by atoms with Crippen molar-refractivity contribution in [1.82, 2.24) is 15.0 Å². The molecule has 53 heavy (non-hydrogen) atoms. The van der Waals surface area contributed by atoms with Crippen LogP contribution in [-0.2, 0) is 30.9 Å². The van der Waals surface area contributed by atoms with Crippen LogP contribution in [0.15, 0.2) is 69.3 Å². The van der Waals surface area contributed by atoms with E-state index in [2.05, 4.69) is 30.9 Å². The van der Waals surface area contributed by atoms with E-state index in [1.54, 1.807) is 0 Å². The molecule has 1 aromatic heterocycles. The highest BCUT2D eigenvalue weighted by atomic mass is 35.5. The van der Waals surface area contributed by atoms with Crippen LogP contribution in [0.3, 0.4) is 0 Å². The molecule has 0 atom stereocenters. The SMILES string of the molecule is Cc1c(Nc2nc(Cl)nc(Nc3ccc([SH](=O)=O)cc3)n2)c(C)c(S(=O)(=O)O)c(C)c1Nc1cc(S(=O)(=O)O)c(N)c2c1C(=O)c1ccccc1C2=O. The van der Waals surface area contributed by atoms with Gasteiger partial charge in [0.05, 0.1) is 33.1 Å². The number of rotatable bonds is 9. The van der Waals surface area contributed by atoms with Gasteiger partial charge >= 0.3 is 0 Å². The maximum Gasteiger partial charge on any atom is 0.296 e. The Morgan fingerprint density at radius 2 is 1.25 bits per heavy atom. The predicted molar refractivity (Wildman–Crippen MR) is 194 cm³/mol. The van der Waals surface area contributed by atoms with Crippen LogP contribution in [0.25, 0.3) is 0 Å². The zero-order valence-electron chi connectivity index (χ0n) is 27.4. The first kappa shape index (κ1) is 37.3. The number of aromatic nitrogens is 3. The first-order chi connectivity index (χ1) is 24.8. The monoisotopic (exact) mass is 799 g/mol. The van der Waals surface area contributed by atoms with Crippen molar-refractivity contribution in [3.63, 3.8) is 0 Å². The summed E-state index contributed by atoms with van der Waals surface area (Å²) in [5, 5.41) is 8.28. The highest BCUT2D eigenvalue weighted by molar-refractivity contribution is 7.86. The van der Waals surface area contributed by atoms with Crippen molar-refractivity contribution in [1.29, 1.82) is 0 Å². The predicted octanol–water partition coefficient (Wildman–Crippen LogP) is 4.50. The summed E-state index contributed by atoms with van der Waals surface area (Å²) in [7, 11) is -12.9. The van der Waals surface area contributed by atoms with Crippen molar-refractivity contribution in [2.75, 3.05) is 21.7 Å². The number of thiol groups is 1. The molecule has 5 aromatic rings. The van der Waals surface area contributed by atoms with Crippen LogP contribution in [-0.4, -0.2) is 60.9 Å². The molecular formula is C32H26ClN7O10S3. The number of carbonyl (C=O) groups excluding carboxylic acids is 2. The number of anilines is 7. The van der Waals surface area contributed by atoms with Crippen LogP contribution in [0.1, 0.15) is 48.5 Å². The van der Waals surface area contributed by atoms with Gasteiger partial charge in [0, 0.05) is 22.5 Å². The summed E-state index contributed by atoms with van der Waals surface area (Å²) in [6.07, 6.45) is 0. The van der Waals surface area contributed by atoms with E-state index in [-0.39, 0.29) is 72.5 Å². The molecule has 274 valence electrons. The molecule has 0 unspecified atom stereocenters. The quantitative estimate of drug-likeness (QED) is 0.0602. The molecule has 0 saturated heterocycles. The standard InChI is InChI=1S/C32H26ClN7O10S3/c1-13-25(36-20-12-21(52(45,46)47)24(34)23-22(20)27(41)18-6-4-5-7-19(18)28(23)42)14(2)29(53(48,49)50)15(3)26(13)37-32-39-30(33)38-31(40-32)35-16-8-10-17(11-9-16)51(43)44/h4-12,36,51H,34H2,1-3H3,(H,45,46,47)(H,48,49,50)(H2,35,37,38,39,40). The van der Waals surface area contributed by atoms with E-state index in [9.17, 15) is 43.9 Å². The van der Waals surface area contributed by atoms with Crippen LogP contribution < -0.4 is 21.7 Å². The minimum absolute atomic E-state index is 0.00889. The number of nitrogens with one attached hydrogen (secondary N) is 3. The Hall–Kier alpha value is -5.51. The Morgan fingerprint density at radius 3 is 1.77 bits per heavy atom. The second-order valence-electron chi connectivity index (χ2n) is 11.6. The first-order valence-corrected chi connectivity index (χ1v) is 19.4. The topological polar surface area (TPSA) is 278 Å². The van der Waals surface area contributed by atoms with Crippen molar-refractivity contribution in [3.05, 3.63) is 98.8 Å². The van der Waals surface area contributed by atoms with Crippen molar-refractivity contribution >= 4 is 94.4 Å². The van der Waals surface area contributed by atoms with Gasteiger partial charge < -0.3 is 21.7 Å². The Kier molecular flexibility index (Phi) is 9.47. The maximum absolute atomic E-state index is 13.9. The minimum Gasteiger partial charge on any atom is -0.397 e. The summed E-state index contributed by atoms with van der Waals surface area (Å²) < 4.78 is 93.6. The molecule has 0 radical (unpaired) electrons. The molecule has 7 N–H and O–H groups in total. The van der Waals surface area contributed by atoms with Gasteiger partial charge in [0.25, 0.3) is 20.2 Å². The number of hydrogen-bond acceptors (Lipinski definition) is 15. The first-order valence-electron chi connectivity index (χ1n) is 15.0. The second-order valence-corrected chi connectivity index (χ2v) is 15.7. The van der Waals surface area contributed by atoms with Crippen molar-refractivity contribution in [2.45, 2.75) is 35.5 Å². The largest absolute Gasteiger partial charge is 0.397 e. The van der Waals surface area contributed by atoms with Gasteiger partial charge in [0.1, 0.15) is 9.79 Å². The normalized spacial score (nSPS) is 12.7. The Labute approximate surface area is 308 Å². The number of benzene rings is 4. The molecule has 0 spiro atoms. The van der Waals surface area contributed by atoms with Crippen LogP contribution in [0.5, 0.6) is 0 Å². The molecule has 0 amide bonds. The lowest BCUT2D eigenvalue weighted by atomic mass is 9.82. The van der Waals surface area contributed by atoms with Gasteiger partial charge in [0.2, 0.25) is 17.2 Å². The smallest absolute Gasteiger partial charge is 0.296 e. The van der Waals surface area contributed by atoms with Crippen molar-refractivity contribution in [2.24, 2.45) is 0 Å². The number of nitrogens with zero attached hydrogens (tertiary/aromatic N) is 3. The Balaban J connectivity index is 1.52. The van der Waals surface area contributed by atoms with Crippen molar-refractivity contribution in [3.8, 4) is 0 Å². The van der Waals surface area contributed by atoms with E-state index in [0.717, 1.165) is 6.07 Å². The van der Waals surface area contributed by atoms with Gasteiger partial charge in [-0.25, -0.2) is 8.42 Å². The van der Waals surface area contributed by atoms with Gasteiger partial charge in [0.15, 0.2) is 22.3 Å². The third-order valence-electron chi connectivity index (χ3n) is 8.36. The molecule has 1 aliphatic rings. The molecule has 17 nitrogen and oxygen atoms in total. The lowest BCUT2D eigenvalue weighted by Gasteiger charge is -2.26. The lowest BCUT2D eigenvalue weighted by Crippen LogP contribution is -2.25. The third kappa shape index (κ3) is 6.90. The summed E-state index contributed by atoms with van der Waals surface area (Å²) in [6.45, 7) is 4.22. The molecule has 0 aliphatic heterocycles. The average Bonchev–Trinajstić information content (AvgIpc) is 3.06. The average molecular weight is 800 g/mol. The van der Waals surface area contributed by atoms with Crippen LogP contribution in [0.4, 0.5) is 40.3 Å². The van der Waals surface area contributed by atoms with Gasteiger partial charge in [-0.2, -0.15) is 31.8 Å². The maximum atomic E-state index is 13.9. The fourth-order valence-corrected chi connectivity index (χ4v) is 8.24. The highest BCUT2D eigenvalue weighted by Crippen LogP contribution is 2.44. The lowest BCUT2D eigenvalue weighted by molar-refractivity contribution is 0.0980. The Bertz CT molecular complexity index is 2730.